The molecule has 0 aliphatic heterocycles. The van der Waals surface area contributed by atoms with Crippen molar-refractivity contribution in [2.45, 2.75) is 6.92 Å². The molecule has 1 amide bonds. The van der Waals surface area contributed by atoms with E-state index in [4.69, 9.17) is 14.0 Å². The van der Waals surface area contributed by atoms with Gasteiger partial charge in [0.2, 0.25) is 5.82 Å². The minimum atomic E-state index is -0.242. The lowest BCUT2D eigenvalue weighted by Crippen LogP contribution is -2.20. The second-order valence-electron chi connectivity index (χ2n) is 6.86. The van der Waals surface area contributed by atoms with Gasteiger partial charge >= 0.3 is 0 Å². The van der Waals surface area contributed by atoms with Gasteiger partial charge in [-0.2, -0.15) is 4.98 Å². The van der Waals surface area contributed by atoms with Gasteiger partial charge in [-0.1, -0.05) is 41.6 Å². The van der Waals surface area contributed by atoms with Crippen molar-refractivity contribution in [2.24, 2.45) is 0 Å². The summed E-state index contributed by atoms with van der Waals surface area (Å²) < 4.78 is 16.4. The zero-order valence-corrected chi connectivity index (χ0v) is 17.2. The standard InChI is InChI=1S/C24H21N3O4/c1-16-7-5-9-18(13-16)25-22(28)15-30-19-10-6-8-17(14-19)23-26-24(31-27-23)20-11-3-4-12-21(20)29-2/h3-14H,15H2,1-2H3,(H,25,28). The van der Waals surface area contributed by atoms with E-state index in [-0.39, 0.29) is 12.5 Å². The first kappa shape index (κ1) is 20.2. The van der Waals surface area contributed by atoms with Crippen LogP contribution >= 0.6 is 0 Å². The largest absolute Gasteiger partial charge is 0.496 e. The van der Waals surface area contributed by atoms with E-state index in [0.29, 0.717) is 34.3 Å². The first-order chi connectivity index (χ1) is 15.1. The number of carbonyl (C=O) groups excluding carboxylic acids is 1. The van der Waals surface area contributed by atoms with E-state index in [1.165, 1.54) is 0 Å². The maximum atomic E-state index is 12.2. The lowest BCUT2D eigenvalue weighted by Gasteiger charge is -2.08. The molecule has 3 aromatic carbocycles. The molecule has 0 bridgehead atoms. The van der Waals surface area contributed by atoms with Gasteiger partial charge in [0.05, 0.1) is 12.7 Å². The quantitative estimate of drug-likeness (QED) is 0.469. The van der Waals surface area contributed by atoms with E-state index < -0.39 is 0 Å². The summed E-state index contributed by atoms with van der Waals surface area (Å²) in [5.41, 5.74) is 3.22. The molecule has 0 unspecified atom stereocenters. The summed E-state index contributed by atoms with van der Waals surface area (Å²) >= 11 is 0. The molecule has 0 fully saturated rings. The highest BCUT2D eigenvalue weighted by atomic mass is 16.5. The van der Waals surface area contributed by atoms with Crippen molar-refractivity contribution in [2.75, 3.05) is 19.0 Å². The van der Waals surface area contributed by atoms with Crippen molar-refractivity contribution in [3.8, 4) is 34.3 Å². The molecule has 7 heteroatoms. The van der Waals surface area contributed by atoms with Crippen LogP contribution in [0.1, 0.15) is 5.56 Å². The molecule has 1 aromatic heterocycles. The maximum Gasteiger partial charge on any atom is 0.262 e. The molecule has 0 aliphatic rings. The summed E-state index contributed by atoms with van der Waals surface area (Å²) in [4.78, 5) is 16.7. The van der Waals surface area contributed by atoms with Crippen LogP contribution in [0.2, 0.25) is 0 Å². The smallest absolute Gasteiger partial charge is 0.262 e. The molecule has 1 heterocycles. The zero-order valence-electron chi connectivity index (χ0n) is 17.2. The molecule has 0 atom stereocenters. The average molecular weight is 415 g/mol. The Morgan fingerprint density at radius 1 is 1.03 bits per heavy atom. The third-order valence-electron chi connectivity index (χ3n) is 4.53. The highest BCUT2D eigenvalue weighted by Gasteiger charge is 2.15. The van der Waals surface area contributed by atoms with E-state index in [9.17, 15) is 4.79 Å². The van der Waals surface area contributed by atoms with Crippen LogP contribution in [0, 0.1) is 6.92 Å². The Hall–Kier alpha value is -4.13. The highest BCUT2D eigenvalue weighted by Crippen LogP contribution is 2.30. The van der Waals surface area contributed by atoms with Crippen molar-refractivity contribution in [1.82, 2.24) is 10.1 Å². The van der Waals surface area contributed by atoms with Crippen molar-refractivity contribution >= 4 is 11.6 Å². The number of benzene rings is 3. The van der Waals surface area contributed by atoms with Crippen LogP contribution in [-0.2, 0) is 4.79 Å². The van der Waals surface area contributed by atoms with Gasteiger partial charge in [0.15, 0.2) is 6.61 Å². The molecule has 0 saturated carbocycles. The van der Waals surface area contributed by atoms with Crippen molar-refractivity contribution < 1.29 is 18.8 Å². The predicted octanol–water partition coefficient (Wildman–Crippen LogP) is 4.74. The van der Waals surface area contributed by atoms with Crippen LogP contribution < -0.4 is 14.8 Å². The lowest BCUT2D eigenvalue weighted by molar-refractivity contribution is -0.118. The number of anilines is 1. The summed E-state index contributed by atoms with van der Waals surface area (Å²) in [7, 11) is 1.59. The summed E-state index contributed by atoms with van der Waals surface area (Å²) in [5.74, 6) is 1.70. The van der Waals surface area contributed by atoms with E-state index in [1.54, 1.807) is 19.2 Å². The Labute approximate surface area is 179 Å². The number of hydrogen-bond donors (Lipinski definition) is 1. The first-order valence-electron chi connectivity index (χ1n) is 9.69. The van der Waals surface area contributed by atoms with E-state index in [2.05, 4.69) is 15.5 Å². The number of nitrogens with one attached hydrogen (secondary N) is 1. The zero-order chi connectivity index (χ0) is 21.6. The number of carbonyl (C=O) groups is 1. The number of aromatic nitrogens is 2. The van der Waals surface area contributed by atoms with Gasteiger partial charge in [-0.05, 0) is 48.9 Å². The maximum absolute atomic E-state index is 12.2. The SMILES string of the molecule is COc1ccccc1-c1nc(-c2cccc(OCC(=O)Nc3cccc(C)c3)c2)no1. The van der Waals surface area contributed by atoms with Crippen molar-refractivity contribution in [3.63, 3.8) is 0 Å². The number of para-hydroxylation sites is 1. The molecular weight excluding hydrogens is 394 g/mol. The van der Waals surface area contributed by atoms with Gasteiger partial charge in [-0.3, -0.25) is 4.79 Å². The van der Waals surface area contributed by atoms with Gasteiger partial charge in [0.1, 0.15) is 11.5 Å². The summed E-state index contributed by atoms with van der Waals surface area (Å²) in [6.07, 6.45) is 0. The van der Waals surface area contributed by atoms with Crippen LogP contribution in [0.5, 0.6) is 11.5 Å². The molecule has 4 aromatic rings. The fourth-order valence-electron chi connectivity index (χ4n) is 3.07. The monoisotopic (exact) mass is 415 g/mol. The third-order valence-corrected chi connectivity index (χ3v) is 4.53. The number of methoxy groups -OCH3 is 1. The van der Waals surface area contributed by atoms with Crippen LogP contribution in [0.25, 0.3) is 22.8 Å². The third kappa shape index (κ3) is 4.90. The van der Waals surface area contributed by atoms with Gasteiger partial charge in [0, 0.05) is 11.3 Å². The van der Waals surface area contributed by atoms with Gasteiger partial charge < -0.3 is 19.3 Å². The molecule has 0 aliphatic carbocycles. The van der Waals surface area contributed by atoms with E-state index in [0.717, 1.165) is 11.3 Å². The molecule has 0 spiro atoms. The second-order valence-corrected chi connectivity index (χ2v) is 6.86. The highest BCUT2D eigenvalue weighted by molar-refractivity contribution is 5.91. The predicted molar refractivity (Wildman–Crippen MR) is 117 cm³/mol. The van der Waals surface area contributed by atoms with Gasteiger partial charge in [-0.15, -0.1) is 0 Å². The Morgan fingerprint density at radius 3 is 2.71 bits per heavy atom. The molecule has 4 rings (SSSR count). The van der Waals surface area contributed by atoms with Gasteiger partial charge in [-0.25, -0.2) is 0 Å². The average Bonchev–Trinajstić information content (AvgIpc) is 3.28. The fourth-order valence-corrected chi connectivity index (χ4v) is 3.07. The Morgan fingerprint density at radius 2 is 1.87 bits per heavy atom. The van der Waals surface area contributed by atoms with Crippen molar-refractivity contribution in [1.29, 1.82) is 0 Å². The number of hydrogen-bond acceptors (Lipinski definition) is 6. The van der Waals surface area contributed by atoms with Crippen LogP contribution in [-0.4, -0.2) is 29.8 Å². The Kier molecular flexibility index (Phi) is 5.93. The lowest BCUT2D eigenvalue weighted by atomic mass is 10.2. The number of aryl methyl sites for hydroxylation is 1. The van der Waals surface area contributed by atoms with Crippen LogP contribution in [0.15, 0.2) is 77.3 Å². The molecule has 0 radical (unpaired) electrons. The summed E-state index contributed by atoms with van der Waals surface area (Å²) in [5, 5.41) is 6.88. The Balaban J connectivity index is 1.44. The van der Waals surface area contributed by atoms with Crippen LogP contribution in [0.4, 0.5) is 5.69 Å². The fraction of sp³-hybridized carbons (Fsp3) is 0.125. The molecule has 31 heavy (non-hydrogen) atoms. The molecular formula is C24H21N3O4. The minimum absolute atomic E-state index is 0.115. The minimum Gasteiger partial charge on any atom is -0.496 e. The first-order valence-corrected chi connectivity index (χ1v) is 9.69. The second kappa shape index (κ2) is 9.13. The molecule has 7 nitrogen and oxygen atoms in total. The number of rotatable bonds is 7. The molecule has 0 saturated heterocycles. The van der Waals surface area contributed by atoms with Crippen LogP contribution in [0.3, 0.4) is 0 Å². The Bertz CT molecular complexity index is 1200. The molecule has 1 N–H and O–H groups in total. The van der Waals surface area contributed by atoms with Gasteiger partial charge in [0.25, 0.3) is 11.8 Å². The number of nitrogens with zero attached hydrogens (tertiary/aromatic N) is 2. The molecule has 156 valence electrons. The van der Waals surface area contributed by atoms with Crippen molar-refractivity contribution in [3.05, 3.63) is 78.4 Å². The topological polar surface area (TPSA) is 86.5 Å². The summed E-state index contributed by atoms with van der Waals surface area (Å²) in [6, 6.07) is 22.2. The number of amides is 1. The summed E-state index contributed by atoms with van der Waals surface area (Å²) in [6.45, 7) is 1.85. The van der Waals surface area contributed by atoms with E-state index in [1.807, 2.05) is 67.6 Å². The van der Waals surface area contributed by atoms with E-state index >= 15 is 0 Å². The normalized spacial score (nSPS) is 10.5. The number of ether oxygens (including phenoxy) is 2.